The fourth-order valence-corrected chi connectivity index (χ4v) is 3.20. The minimum atomic E-state index is -0.143. The van der Waals surface area contributed by atoms with Gasteiger partial charge in [-0.25, -0.2) is 9.97 Å². The second-order valence-corrected chi connectivity index (χ2v) is 6.88. The highest BCUT2D eigenvalue weighted by Crippen LogP contribution is 2.22. The van der Waals surface area contributed by atoms with E-state index in [9.17, 15) is 9.59 Å². The Morgan fingerprint density at radius 2 is 2.08 bits per heavy atom. The van der Waals surface area contributed by atoms with Gasteiger partial charge in [-0.3, -0.25) is 9.59 Å². The monoisotopic (exact) mass is 357 g/mol. The maximum Gasteiger partial charge on any atom is 0.276 e. The van der Waals surface area contributed by atoms with Crippen LogP contribution in [0.1, 0.15) is 45.3 Å². The van der Waals surface area contributed by atoms with Crippen LogP contribution in [0, 0.1) is 12.8 Å². The summed E-state index contributed by atoms with van der Waals surface area (Å²) in [5.74, 6) is 0.673. The zero-order chi connectivity index (χ0) is 18.7. The first-order chi connectivity index (χ1) is 12.4. The van der Waals surface area contributed by atoms with E-state index in [2.05, 4.69) is 15.1 Å². The molecular formula is C18H23N5O3. The van der Waals surface area contributed by atoms with Gasteiger partial charge in [0.15, 0.2) is 5.69 Å². The van der Waals surface area contributed by atoms with Crippen molar-refractivity contribution in [3.05, 3.63) is 41.3 Å². The zero-order valence-electron chi connectivity index (χ0n) is 15.3. The Morgan fingerprint density at radius 3 is 2.77 bits per heavy atom. The van der Waals surface area contributed by atoms with E-state index >= 15 is 0 Å². The molecule has 0 aromatic carbocycles. The fourth-order valence-electron chi connectivity index (χ4n) is 3.20. The number of aryl methyl sites for hydroxylation is 1. The van der Waals surface area contributed by atoms with Gasteiger partial charge in [-0.1, -0.05) is 5.16 Å². The van der Waals surface area contributed by atoms with Crippen LogP contribution >= 0.6 is 0 Å². The summed E-state index contributed by atoms with van der Waals surface area (Å²) in [5, 5.41) is 3.82. The van der Waals surface area contributed by atoms with Gasteiger partial charge in [0, 0.05) is 38.9 Å². The summed E-state index contributed by atoms with van der Waals surface area (Å²) in [6.45, 7) is 3.13. The number of carbonyl (C=O) groups is 2. The Kier molecular flexibility index (Phi) is 5.29. The molecule has 1 aliphatic heterocycles. The molecule has 0 N–H and O–H groups in total. The molecular weight excluding hydrogens is 334 g/mol. The lowest BCUT2D eigenvalue weighted by Crippen LogP contribution is -2.40. The Hall–Kier alpha value is -2.77. The smallest absolute Gasteiger partial charge is 0.276 e. The van der Waals surface area contributed by atoms with Crippen molar-refractivity contribution in [3.8, 4) is 0 Å². The van der Waals surface area contributed by atoms with E-state index in [1.165, 1.54) is 11.2 Å². The second kappa shape index (κ2) is 7.63. The molecule has 3 rings (SSSR count). The van der Waals surface area contributed by atoms with Gasteiger partial charge in [-0.05, 0) is 38.2 Å². The summed E-state index contributed by atoms with van der Waals surface area (Å²) in [5.41, 5.74) is 1.56. The first-order valence-corrected chi connectivity index (χ1v) is 8.69. The lowest BCUT2D eigenvalue weighted by molar-refractivity contribution is 0.0662. The van der Waals surface area contributed by atoms with Crippen LogP contribution in [-0.4, -0.2) is 63.9 Å². The summed E-state index contributed by atoms with van der Waals surface area (Å²) in [4.78, 5) is 36.3. The molecule has 1 atom stereocenters. The van der Waals surface area contributed by atoms with E-state index in [0.29, 0.717) is 30.1 Å². The first kappa shape index (κ1) is 18.0. The van der Waals surface area contributed by atoms with Gasteiger partial charge in [0.2, 0.25) is 0 Å². The van der Waals surface area contributed by atoms with Crippen LogP contribution in [0.5, 0.6) is 0 Å². The second-order valence-electron chi connectivity index (χ2n) is 6.88. The van der Waals surface area contributed by atoms with E-state index in [1.54, 1.807) is 33.2 Å². The minimum absolute atomic E-state index is 0.0993. The van der Waals surface area contributed by atoms with Crippen molar-refractivity contribution in [2.75, 3.05) is 27.2 Å². The van der Waals surface area contributed by atoms with Gasteiger partial charge < -0.3 is 14.3 Å². The average Bonchev–Trinajstić information content (AvgIpc) is 3.07. The maximum absolute atomic E-state index is 12.6. The third-order valence-corrected chi connectivity index (χ3v) is 4.50. The number of rotatable bonds is 4. The standard InChI is InChI=1S/C18H23N5O3/c1-12-7-16(21-26-12)18(25)23-6-4-5-13(10-23)8-14-9-15(20-11-19-14)17(24)22(2)3/h7,9,11,13H,4-6,8,10H2,1-3H3. The van der Waals surface area contributed by atoms with Crippen LogP contribution in [0.25, 0.3) is 0 Å². The normalized spacial score (nSPS) is 17.2. The van der Waals surface area contributed by atoms with Crippen molar-refractivity contribution in [1.82, 2.24) is 24.9 Å². The predicted octanol–water partition coefficient (Wildman–Crippen LogP) is 1.57. The van der Waals surface area contributed by atoms with Gasteiger partial charge in [0.05, 0.1) is 0 Å². The minimum Gasteiger partial charge on any atom is -0.361 e. The summed E-state index contributed by atoms with van der Waals surface area (Å²) < 4.78 is 5.00. The summed E-state index contributed by atoms with van der Waals surface area (Å²) >= 11 is 0. The Bertz CT molecular complexity index is 802. The molecule has 0 radical (unpaired) electrons. The molecule has 0 saturated carbocycles. The zero-order valence-corrected chi connectivity index (χ0v) is 15.3. The molecule has 0 bridgehead atoms. The molecule has 1 unspecified atom stereocenters. The van der Waals surface area contributed by atoms with E-state index in [-0.39, 0.29) is 17.7 Å². The molecule has 3 heterocycles. The summed E-state index contributed by atoms with van der Waals surface area (Å²) in [7, 11) is 3.39. The Morgan fingerprint density at radius 1 is 1.27 bits per heavy atom. The van der Waals surface area contributed by atoms with Crippen molar-refractivity contribution < 1.29 is 14.1 Å². The summed E-state index contributed by atoms with van der Waals surface area (Å²) in [6, 6.07) is 3.40. The highest BCUT2D eigenvalue weighted by atomic mass is 16.5. The molecule has 1 aliphatic rings. The molecule has 1 saturated heterocycles. The van der Waals surface area contributed by atoms with Crippen molar-refractivity contribution in [2.45, 2.75) is 26.2 Å². The molecule has 2 aromatic rings. The van der Waals surface area contributed by atoms with Gasteiger partial charge in [0.1, 0.15) is 17.8 Å². The van der Waals surface area contributed by atoms with Crippen LogP contribution in [0.3, 0.4) is 0 Å². The van der Waals surface area contributed by atoms with Crippen LogP contribution in [0.4, 0.5) is 0 Å². The largest absolute Gasteiger partial charge is 0.361 e. The van der Waals surface area contributed by atoms with Crippen LogP contribution in [0.2, 0.25) is 0 Å². The molecule has 0 spiro atoms. The van der Waals surface area contributed by atoms with Crippen LogP contribution in [-0.2, 0) is 6.42 Å². The average molecular weight is 357 g/mol. The van der Waals surface area contributed by atoms with Crippen LogP contribution < -0.4 is 0 Å². The summed E-state index contributed by atoms with van der Waals surface area (Å²) in [6.07, 6.45) is 4.08. The van der Waals surface area contributed by atoms with Crippen molar-refractivity contribution in [1.29, 1.82) is 0 Å². The van der Waals surface area contributed by atoms with E-state index < -0.39 is 0 Å². The van der Waals surface area contributed by atoms with E-state index in [1.807, 2.05) is 4.90 Å². The topological polar surface area (TPSA) is 92.4 Å². The number of carbonyl (C=O) groups excluding carboxylic acids is 2. The molecule has 138 valence electrons. The molecule has 2 aromatic heterocycles. The molecule has 1 fully saturated rings. The van der Waals surface area contributed by atoms with E-state index in [0.717, 1.165) is 25.1 Å². The van der Waals surface area contributed by atoms with Gasteiger partial charge in [-0.2, -0.15) is 0 Å². The molecule has 8 nitrogen and oxygen atoms in total. The Balaban J connectivity index is 1.66. The van der Waals surface area contributed by atoms with Crippen molar-refractivity contribution in [3.63, 3.8) is 0 Å². The third kappa shape index (κ3) is 4.07. The molecule has 26 heavy (non-hydrogen) atoms. The lowest BCUT2D eigenvalue weighted by atomic mass is 9.93. The van der Waals surface area contributed by atoms with E-state index in [4.69, 9.17) is 4.52 Å². The molecule has 8 heteroatoms. The van der Waals surface area contributed by atoms with Crippen molar-refractivity contribution in [2.24, 2.45) is 5.92 Å². The number of hydrogen-bond acceptors (Lipinski definition) is 6. The highest BCUT2D eigenvalue weighted by Gasteiger charge is 2.27. The third-order valence-electron chi connectivity index (χ3n) is 4.50. The number of aromatic nitrogens is 3. The first-order valence-electron chi connectivity index (χ1n) is 8.69. The SMILES string of the molecule is Cc1cc(C(=O)N2CCCC(Cc3cc(C(=O)N(C)C)ncn3)C2)no1. The molecule has 2 amide bonds. The highest BCUT2D eigenvalue weighted by molar-refractivity contribution is 5.92. The maximum atomic E-state index is 12.6. The number of amides is 2. The predicted molar refractivity (Wildman–Crippen MR) is 93.6 cm³/mol. The van der Waals surface area contributed by atoms with Crippen LogP contribution in [0.15, 0.2) is 23.0 Å². The van der Waals surface area contributed by atoms with Gasteiger partial charge in [0.25, 0.3) is 11.8 Å². The fraction of sp³-hybridized carbons (Fsp3) is 0.500. The lowest BCUT2D eigenvalue weighted by Gasteiger charge is -2.32. The van der Waals surface area contributed by atoms with Gasteiger partial charge in [-0.15, -0.1) is 0 Å². The Labute approximate surface area is 152 Å². The number of hydrogen-bond donors (Lipinski definition) is 0. The molecule has 0 aliphatic carbocycles. The quantitative estimate of drug-likeness (QED) is 0.825. The van der Waals surface area contributed by atoms with Crippen molar-refractivity contribution >= 4 is 11.8 Å². The number of piperidine rings is 1. The van der Waals surface area contributed by atoms with Gasteiger partial charge >= 0.3 is 0 Å². The number of likely N-dealkylation sites (tertiary alicyclic amines) is 1. The number of nitrogens with zero attached hydrogens (tertiary/aromatic N) is 5.